The number of rotatable bonds is 4. The smallest absolute Gasteiger partial charge is 0.303 e. The van der Waals surface area contributed by atoms with E-state index in [1.165, 1.54) is 13.3 Å². The molecular formula is C19H19N5O3S. The Bertz CT molecular complexity index is 1030. The van der Waals surface area contributed by atoms with Gasteiger partial charge in [-0.05, 0) is 5.56 Å². The van der Waals surface area contributed by atoms with Crippen molar-refractivity contribution in [3.8, 4) is 0 Å². The minimum atomic E-state index is -0.657. The molecule has 1 aliphatic rings. The Kier molecular flexibility index (Phi) is 4.68. The first kappa shape index (κ1) is 18.3. The lowest BCUT2D eigenvalue weighted by Gasteiger charge is -2.41. The third-order valence-corrected chi connectivity index (χ3v) is 5.87. The maximum absolute atomic E-state index is 11.8. The van der Waals surface area contributed by atoms with E-state index in [2.05, 4.69) is 19.9 Å². The fraction of sp³-hybridized carbons (Fsp3) is 0.316. The van der Waals surface area contributed by atoms with Gasteiger partial charge in [0.2, 0.25) is 0 Å². The summed E-state index contributed by atoms with van der Waals surface area (Å²) in [6.07, 6.45) is 2.70. The van der Waals surface area contributed by atoms with Gasteiger partial charge in [-0.2, -0.15) is 0 Å². The number of aromatic nitrogens is 3. The minimum Gasteiger partial charge on any atom is -0.454 e. The van der Waals surface area contributed by atoms with E-state index in [1.807, 2.05) is 30.3 Å². The van der Waals surface area contributed by atoms with Crippen molar-refractivity contribution in [3.05, 3.63) is 47.2 Å². The monoisotopic (exact) mass is 397 g/mol. The highest BCUT2D eigenvalue weighted by atomic mass is 32.1. The fourth-order valence-corrected chi connectivity index (χ4v) is 4.38. The number of piperidine rings is 1. The Morgan fingerprint density at radius 2 is 1.89 bits per heavy atom. The second kappa shape index (κ2) is 7.16. The van der Waals surface area contributed by atoms with Gasteiger partial charge in [-0.25, -0.2) is 15.0 Å². The number of thiazole rings is 1. The van der Waals surface area contributed by atoms with Crippen LogP contribution in [-0.4, -0.2) is 39.9 Å². The topological polar surface area (TPSA) is 111 Å². The quantitative estimate of drug-likeness (QED) is 0.672. The van der Waals surface area contributed by atoms with Crippen LogP contribution < -0.4 is 10.6 Å². The predicted molar refractivity (Wildman–Crippen MR) is 105 cm³/mol. The third-order valence-electron chi connectivity index (χ3n) is 4.90. The molecule has 0 unspecified atom stereocenters. The Labute approximate surface area is 165 Å². The van der Waals surface area contributed by atoms with Crippen molar-refractivity contribution in [3.63, 3.8) is 0 Å². The lowest BCUT2D eigenvalue weighted by molar-refractivity contribution is -0.160. The van der Waals surface area contributed by atoms with Gasteiger partial charge in [-0.15, -0.1) is 0 Å². The number of carbonyl (C=O) groups excluding carboxylic acids is 2. The number of amides is 1. The number of primary amides is 1. The van der Waals surface area contributed by atoms with E-state index in [-0.39, 0.29) is 11.0 Å². The highest BCUT2D eigenvalue weighted by Crippen LogP contribution is 2.39. The molecule has 8 nitrogen and oxygen atoms in total. The predicted octanol–water partition coefficient (Wildman–Crippen LogP) is 2.24. The van der Waals surface area contributed by atoms with E-state index in [9.17, 15) is 9.59 Å². The van der Waals surface area contributed by atoms with Gasteiger partial charge in [0.15, 0.2) is 10.8 Å². The van der Waals surface area contributed by atoms with Gasteiger partial charge in [-0.3, -0.25) is 9.59 Å². The molecule has 3 heterocycles. The molecule has 3 aromatic rings. The van der Waals surface area contributed by atoms with Crippen LogP contribution in [0.1, 0.15) is 35.1 Å². The van der Waals surface area contributed by atoms with Crippen molar-refractivity contribution in [2.45, 2.75) is 25.4 Å². The summed E-state index contributed by atoms with van der Waals surface area (Å²) in [6, 6.07) is 9.81. The molecule has 2 N–H and O–H groups in total. The van der Waals surface area contributed by atoms with E-state index >= 15 is 0 Å². The fourth-order valence-electron chi connectivity index (χ4n) is 3.63. The zero-order valence-corrected chi connectivity index (χ0v) is 16.1. The lowest BCUT2D eigenvalue weighted by atomic mass is 9.84. The first-order valence-corrected chi connectivity index (χ1v) is 9.71. The first-order valence-electron chi connectivity index (χ1n) is 8.90. The summed E-state index contributed by atoms with van der Waals surface area (Å²) >= 11 is 1.16. The zero-order chi connectivity index (χ0) is 19.7. The van der Waals surface area contributed by atoms with Crippen LogP contribution in [0.2, 0.25) is 0 Å². The maximum Gasteiger partial charge on any atom is 0.303 e. The van der Waals surface area contributed by atoms with Crippen molar-refractivity contribution in [1.29, 1.82) is 0 Å². The number of fused-ring (bicyclic) bond motifs is 1. The summed E-state index contributed by atoms with van der Waals surface area (Å²) in [5.74, 6) is -0.212. The Morgan fingerprint density at radius 3 is 2.54 bits per heavy atom. The lowest BCUT2D eigenvalue weighted by Crippen LogP contribution is -2.45. The molecule has 1 saturated heterocycles. The number of hydrogen-bond acceptors (Lipinski definition) is 8. The molecular weight excluding hydrogens is 378 g/mol. The van der Waals surface area contributed by atoms with Crippen LogP contribution in [-0.2, 0) is 15.1 Å². The second-order valence-electron chi connectivity index (χ2n) is 6.68. The Balaban J connectivity index is 1.63. The molecule has 1 aromatic carbocycles. The largest absolute Gasteiger partial charge is 0.454 e. The molecule has 0 spiro atoms. The number of nitrogens with zero attached hydrogens (tertiary/aromatic N) is 4. The van der Waals surface area contributed by atoms with E-state index in [1.54, 1.807) is 0 Å². The van der Waals surface area contributed by atoms with Gasteiger partial charge in [0, 0.05) is 32.9 Å². The molecule has 144 valence electrons. The number of esters is 1. The van der Waals surface area contributed by atoms with Crippen molar-refractivity contribution < 1.29 is 14.3 Å². The molecule has 9 heteroatoms. The highest BCUT2D eigenvalue weighted by Gasteiger charge is 2.40. The minimum absolute atomic E-state index is 0.215. The van der Waals surface area contributed by atoms with Crippen LogP contribution >= 0.6 is 11.3 Å². The number of nitrogens with two attached hydrogens (primary N) is 1. The van der Waals surface area contributed by atoms with Crippen molar-refractivity contribution in [1.82, 2.24) is 15.0 Å². The van der Waals surface area contributed by atoms with Gasteiger partial charge in [0.25, 0.3) is 5.91 Å². The molecule has 1 fully saturated rings. The number of hydrogen-bond donors (Lipinski definition) is 1. The SMILES string of the molecule is CC(=O)OC1(c2ccccc2)CCN(c2ncnc3sc(C(N)=O)nc23)CC1. The standard InChI is InChI=1S/C19H19N5O3S/c1-12(25)27-19(13-5-3-2-4-6-13)7-9-24(10-8-19)16-14-17(22-11-21-16)28-18(23-14)15(20)26/h2-6,11H,7-10H2,1H3,(H2,20,26). The summed E-state index contributed by atoms with van der Waals surface area (Å²) < 4.78 is 5.80. The first-order chi connectivity index (χ1) is 13.5. The van der Waals surface area contributed by atoms with Crippen LogP contribution in [0.3, 0.4) is 0 Å². The molecule has 0 bridgehead atoms. The molecule has 1 aliphatic heterocycles. The Hall–Kier alpha value is -3.07. The van der Waals surface area contributed by atoms with E-state index in [4.69, 9.17) is 10.5 Å². The van der Waals surface area contributed by atoms with E-state index in [0.717, 1.165) is 16.9 Å². The van der Waals surface area contributed by atoms with E-state index in [0.29, 0.717) is 42.1 Å². The summed E-state index contributed by atoms with van der Waals surface area (Å²) in [4.78, 5) is 38.8. The van der Waals surface area contributed by atoms with Crippen LogP contribution in [0.5, 0.6) is 0 Å². The zero-order valence-electron chi connectivity index (χ0n) is 15.3. The number of ether oxygens (including phenoxy) is 1. The van der Waals surface area contributed by atoms with Crippen molar-refractivity contribution in [2.24, 2.45) is 5.73 Å². The van der Waals surface area contributed by atoms with Crippen molar-refractivity contribution in [2.75, 3.05) is 18.0 Å². The van der Waals surface area contributed by atoms with Crippen LogP contribution in [0.15, 0.2) is 36.7 Å². The molecule has 0 atom stereocenters. The third kappa shape index (κ3) is 3.29. The van der Waals surface area contributed by atoms with Gasteiger partial charge in [0.05, 0.1) is 0 Å². The molecule has 0 saturated carbocycles. The second-order valence-corrected chi connectivity index (χ2v) is 7.65. The van der Waals surface area contributed by atoms with Gasteiger partial charge < -0.3 is 15.4 Å². The molecule has 0 aliphatic carbocycles. The summed E-state index contributed by atoms with van der Waals surface area (Å²) in [7, 11) is 0. The van der Waals surface area contributed by atoms with Crippen LogP contribution in [0.4, 0.5) is 5.82 Å². The molecule has 4 rings (SSSR count). The maximum atomic E-state index is 11.8. The van der Waals surface area contributed by atoms with Gasteiger partial charge in [-0.1, -0.05) is 41.7 Å². The molecule has 0 radical (unpaired) electrons. The molecule has 2 aromatic heterocycles. The van der Waals surface area contributed by atoms with Gasteiger partial charge >= 0.3 is 5.97 Å². The number of anilines is 1. The highest BCUT2D eigenvalue weighted by molar-refractivity contribution is 7.19. The number of carbonyl (C=O) groups is 2. The Morgan fingerprint density at radius 1 is 1.18 bits per heavy atom. The van der Waals surface area contributed by atoms with Crippen LogP contribution in [0, 0.1) is 0 Å². The van der Waals surface area contributed by atoms with Crippen molar-refractivity contribution >= 4 is 39.4 Å². The summed E-state index contributed by atoms with van der Waals surface area (Å²) in [5.41, 5.74) is 6.25. The van der Waals surface area contributed by atoms with Crippen LogP contribution in [0.25, 0.3) is 10.3 Å². The molecule has 28 heavy (non-hydrogen) atoms. The average molecular weight is 397 g/mol. The van der Waals surface area contributed by atoms with E-state index < -0.39 is 11.5 Å². The summed E-state index contributed by atoms with van der Waals surface area (Å²) in [5, 5.41) is 0.215. The average Bonchev–Trinajstić information content (AvgIpc) is 3.14. The number of benzene rings is 1. The summed E-state index contributed by atoms with van der Waals surface area (Å²) in [6.45, 7) is 2.68. The normalized spacial score (nSPS) is 16.1. The van der Waals surface area contributed by atoms with Gasteiger partial charge in [0.1, 0.15) is 22.3 Å². The molecule has 1 amide bonds.